The van der Waals surface area contributed by atoms with Crippen molar-refractivity contribution in [2.45, 2.75) is 25.5 Å². The van der Waals surface area contributed by atoms with Crippen LogP contribution >= 0.6 is 0 Å². The molecule has 106 valence electrons. The van der Waals surface area contributed by atoms with Gasteiger partial charge in [-0.15, -0.1) is 5.10 Å². The fourth-order valence-corrected chi connectivity index (χ4v) is 2.04. The van der Waals surface area contributed by atoms with Crippen LogP contribution in [-0.2, 0) is 9.53 Å². The zero-order chi connectivity index (χ0) is 14.5. The second-order valence-electron chi connectivity index (χ2n) is 4.45. The average Bonchev–Trinajstić information content (AvgIpc) is 2.89. The van der Waals surface area contributed by atoms with E-state index in [2.05, 4.69) is 15.5 Å². The Bertz CT molecular complexity index is 570. The molecular formula is C13H16N4O3. The van der Waals surface area contributed by atoms with Crippen molar-refractivity contribution in [1.82, 2.24) is 20.2 Å². The molecule has 2 unspecified atom stereocenters. The van der Waals surface area contributed by atoms with Gasteiger partial charge >= 0.3 is 5.97 Å². The van der Waals surface area contributed by atoms with E-state index in [-0.39, 0.29) is 12.5 Å². The van der Waals surface area contributed by atoms with E-state index in [9.17, 15) is 4.79 Å². The minimum absolute atomic E-state index is 0.0523. The van der Waals surface area contributed by atoms with Crippen molar-refractivity contribution >= 4 is 5.97 Å². The minimum Gasteiger partial charge on any atom is -0.481 e. The Hall–Kier alpha value is -2.28. The number of hydrogen-bond donors (Lipinski definition) is 1. The molecule has 0 saturated heterocycles. The lowest BCUT2D eigenvalue weighted by molar-refractivity contribution is -0.137. The van der Waals surface area contributed by atoms with E-state index >= 15 is 0 Å². The number of aromatic nitrogens is 4. The van der Waals surface area contributed by atoms with Crippen LogP contribution in [0.15, 0.2) is 30.3 Å². The van der Waals surface area contributed by atoms with Crippen LogP contribution in [0.3, 0.4) is 0 Å². The highest BCUT2D eigenvalue weighted by molar-refractivity contribution is 5.67. The van der Waals surface area contributed by atoms with Gasteiger partial charge in [0.25, 0.3) is 0 Å². The number of ether oxygens (including phenoxy) is 1. The predicted molar refractivity (Wildman–Crippen MR) is 70.1 cm³/mol. The lowest BCUT2D eigenvalue weighted by atomic mass is 10.1. The van der Waals surface area contributed by atoms with Crippen molar-refractivity contribution in [3.63, 3.8) is 0 Å². The van der Waals surface area contributed by atoms with E-state index in [0.717, 1.165) is 5.56 Å². The zero-order valence-corrected chi connectivity index (χ0v) is 11.3. The standard InChI is InChI=1S/C13H16N4O3/c1-9(8-11(18)19)17-13(14-15-16-17)12(20-2)10-6-4-3-5-7-10/h3-7,9,12H,8H2,1-2H3,(H,18,19). The number of carboxylic acids is 1. The molecule has 2 atom stereocenters. The molecule has 7 nitrogen and oxygen atoms in total. The van der Waals surface area contributed by atoms with Crippen LogP contribution in [0, 0.1) is 0 Å². The van der Waals surface area contributed by atoms with Crippen LogP contribution in [0.25, 0.3) is 0 Å². The molecule has 2 aromatic rings. The molecule has 1 aromatic carbocycles. The average molecular weight is 276 g/mol. The molecule has 0 saturated carbocycles. The zero-order valence-electron chi connectivity index (χ0n) is 11.3. The predicted octanol–water partition coefficient (Wildman–Crippen LogP) is 1.44. The summed E-state index contributed by atoms with van der Waals surface area (Å²) in [5.74, 6) is -0.403. The first-order valence-electron chi connectivity index (χ1n) is 6.20. The van der Waals surface area contributed by atoms with Gasteiger partial charge in [-0.2, -0.15) is 0 Å². The number of nitrogens with zero attached hydrogens (tertiary/aromatic N) is 4. The maximum atomic E-state index is 10.8. The Kier molecular flexibility index (Phi) is 4.41. The summed E-state index contributed by atoms with van der Waals surface area (Å²) >= 11 is 0. The Morgan fingerprint density at radius 1 is 1.40 bits per heavy atom. The van der Waals surface area contributed by atoms with Gasteiger partial charge in [-0.3, -0.25) is 4.79 Å². The molecule has 0 aliphatic heterocycles. The molecular weight excluding hydrogens is 260 g/mol. The largest absolute Gasteiger partial charge is 0.481 e. The topological polar surface area (TPSA) is 90.1 Å². The summed E-state index contributed by atoms with van der Waals surface area (Å²) < 4.78 is 6.96. The van der Waals surface area contributed by atoms with Gasteiger partial charge in [0.1, 0.15) is 6.10 Å². The maximum Gasteiger partial charge on any atom is 0.305 e. The van der Waals surface area contributed by atoms with Gasteiger partial charge in [-0.1, -0.05) is 30.3 Å². The van der Waals surface area contributed by atoms with E-state index in [1.807, 2.05) is 30.3 Å². The summed E-state index contributed by atoms with van der Waals surface area (Å²) in [5, 5.41) is 20.4. The van der Waals surface area contributed by atoms with Crippen molar-refractivity contribution < 1.29 is 14.6 Å². The quantitative estimate of drug-likeness (QED) is 0.858. The van der Waals surface area contributed by atoms with Crippen molar-refractivity contribution in [3.05, 3.63) is 41.7 Å². The molecule has 1 heterocycles. The van der Waals surface area contributed by atoms with Crippen molar-refractivity contribution in [1.29, 1.82) is 0 Å². The second-order valence-corrected chi connectivity index (χ2v) is 4.45. The Morgan fingerprint density at radius 3 is 2.70 bits per heavy atom. The summed E-state index contributed by atoms with van der Waals surface area (Å²) in [6.07, 6.45) is -0.481. The molecule has 0 fully saturated rings. The van der Waals surface area contributed by atoms with E-state index < -0.39 is 12.1 Å². The van der Waals surface area contributed by atoms with E-state index in [1.54, 1.807) is 14.0 Å². The molecule has 0 bridgehead atoms. The van der Waals surface area contributed by atoms with Gasteiger partial charge in [0.05, 0.1) is 12.5 Å². The highest BCUT2D eigenvalue weighted by atomic mass is 16.5. The molecule has 20 heavy (non-hydrogen) atoms. The normalized spacial score (nSPS) is 13.9. The molecule has 2 rings (SSSR count). The second kappa shape index (κ2) is 6.25. The Morgan fingerprint density at radius 2 is 2.10 bits per heavy atom. The monoisotopic (exact) mass is 276 g/mol. The van der Waals surface area contributed by atoms with E-state index in [0.29, 0.717) is 5.82 Å². The van der Waals surface area contributed by atoms with E-state index in [4.69, 9.17) is 9.84 Å². The number of hydrogen-bond acceptors (Lipinski definition) is 5. The molecule has 0 amide bonds. The molecule has 1 N–H and O–H groups in total. The third-order valence-corrected chi connectivity index (χ3v) is 2.98. The van der Waals surface area contributed by atoms with Gasteiger partial charge in [0.15, 0.2) is 5.82 Å². The first kappa shape index (κ1) is 14.1. The van der Waals surface area contributed by atoms with Crippen molar-refractivity contribution in [3.8, 4) is 0 Å². The molecule has 0 aliphatic rings. The van der Waals surface area contributed by atoms with Gasteiger partial charge in [-0.05, 0) is 22.9 Å². The van der Waals surface area contributed by atoms with Gasteiger partial charge in [0, 0.05) is 7.11 Å². The number of rotatable bonds is 6. The van der Waals surface area contributed by atoms with Crippen LogP contribution in [0.5, 0.6) is 0 Å². The highest BCUT2D eigenvalue weighted by Gasteiger charge is 2.24. The minimum atomic E-state index is -0.896. The summed E-state index contributed by atoms with van der Waals surface area (Å²) in [7, 11) is 1.57. The smallest absolute Gasteiger partial charge is 0.305 e. The summed E-state index contributed by atoms with van der Waals surface area (Å²) in [6.45, 7) is 1.76. The number of methoxy groups -OCH3 is 1. The summed E-state index contributed by atoms with van der Waals surface area (Å²) in [4.78, 5) is 10.8. The highest BCUT2D eigenvalue weighted by Crippen LogP contribution is 2.25. The lowest BCUT2D eigenvalue weighted by Gasteiger charge is -2.17. The molecule has 0 radical (unpaired) electrons. The third-order valence-electron chi connectivity index (χ3n) is 2.98. The van der Waals surface area contributed by atoms with Crippen LogP contribution in [0.2, 0.25) is 0 Å². The molecule has 0 spiro atoms. The van der Waals surface area contributed by atoms with E-state index in [1.165, 1.54) is 4.68 Å². The Balaban J connectivity index is 2.32. The number of carbonyl (C=O) groups is 1. The molecule has 7 heteroatoms. The SMILES string of the molecule is COC(c1ccccc1)c1nnnn1C(C)CC(=O)O. The van der Waals surface area contributed by atoms with Crippen LogP contribution in [-0.4, -0.2) is 38.4 Å². The van der Waals surface area contributed by atoms with Gasteiger partial charge in [0.2, 0.25) is 0 Å². The Labute approximate surface area is 116 Å². The maximum absolute atomic E-state index is 10.8. The lowest BCUT2D eigenvalue weighted by Crippen LogP contribution is -2.18. The summed E-state index contributed by atoms with van der Waals surface area (Å²) in [6, 6.07) is 9.18. The van der Waals surface area contributed by atoms with Crippen molar-refractivity contribution in [2.75, 3.05) is 7.11 Å². The van der Waals surface area contributed by atoms with Crippen LogP contribution < -0.4 is 0 Å². The van der Waals surface area contributed by atoms with Crippen molar-refractivity contribution in [2.24, 2.45) is 0 Å². The first-order valence-corrected chi connectivity index (χ1v) is 6.20. The first-order chi connectivity index (χ1) is 9.63. The summed E-state index contributed by atoms with van der Waals surface area (Å²) in [5.41, 5.74) is 0.911. The van der Waals surface area contributed by atoms with Crippen LogP contribution in [0.4, 0.5) is 0 Å². The molecule has 1 aromatic heterocycles. The third kappa shape index (κ3) is 3.00. The fraction of sp³-hybridized carbons (Fsp3) is 0.385. The fourth-order valence-electron chi connectivity index (χ4n) is 2.04. The number of aliphatic carboxylic acids is 1. The number of carboxylic acid groups (broad SMARTS) is 1. The number of benzene rings is 1. The van der Waals surface area contributed by atoms with Crippen LogP contribution in [0.1, 0.15) is 36.9 Å². The number of tetrazole rings is 1. The molecule has 0 aliphatic carbocycles. The van der Waals surface area contributed by atoms with Gasteiger partial charge in [-0.25, -0.2) is 4.68 Å². The van der Waals surface area contributed by atoms with Gasteiger partial charge < -0.3 is 9.84 Å².